The third kappa shape index (κ3) is 4.00. The zero-order chi connectivity index (χ0) is 16.1. The number of benzene rings is 3. The van der Waals surface area contributed by atoms with Crippen LogP contribution in [-0.4, -0.2) is 6.54 Å². The topological polar surface area (TPSA) is 12.0 Å². The van der Waals surface area contributed by atoms with E-state index in [1.807, 2.05) is 0 Å². The third-order valence-corrected chi connectivity index (χ3v) is 4.43. The number of fused-ring (bicyclic) bond motifs is 1. The van der Waals surface area contributed by atoms with Gasteiger partial charge in [0, 0.05) is 6.54 Å². The van der Waals surface area contributed by atoms with Gasteiger partial charge in [-0.05, 0) is 46.3 Å². The lowest BCUT2D eigenvalue weighted by atomic mass is 10.0. The van der Waals surface area contributed by atoms with Gasteiger partial charge in [0.15, 0.2) is 0 Å². The fourth-order valence-electron chi connectivity index (χ4n) is 2.97. The van der Waals surface area contributed by atoms with Crippen LogP contribution < -0.4 is 5.32 Å². The Labute approximate surface area is 139 Å². The average Bonchev–Trinajstić information content (AvgIpc) is 2.59. The van der Waals surface area contributed by atoms with E-state index in [-0.39, 0.29) is 0 Å². The zero-order valence-corrected chi connectivity index (χ0v) is 14.0. The van der Waals surface area contributed by atoms with E-state index in [1.165, 1.54) is 27.5 Å². The van der Waals surface area contributed by atoms with E-state index in [0.29, 0.717) is 5.92 Å². The van der Waals surface area contributed by atoms with Gasteiger partial charge >= 0.3 is 0 Å². The molecule has 3 aromatic rings. The monoisotopic (exact) mass is 303 g/mol. The molecule has 1 nitrogen and oxygen atoms in total. The predicted octanol–water partition coefficient (Wildman–Crippen LogP) is 5.30. The molecule has 0 aliphatic heterocycles. The molecule has 3 rings (SSSR count). The molecule has 118 valence electrons. The molecule has 0 aliphatic carbocycles. The van der Waals surface area contributed by atoms with Crippen molar-refractivity contribution in [1.29, 1.82) is 0 Å². The first-order valence-corrected chi connectivity index (χ1v) is 8.50. The molecule has 0 atom stereocenters. The summed E-state index contributed by atoms with van der Waals surface area (Å²) in [4.78, 5) is 0. The Morgan fingerprint density at radius 3 is 2.35 bits per heavy atom. The Morgan fingerprint density at radius 1 is 0.826 bits per heavy atom. The lowest BCUT2D eigenvalue weighted by Gasteiger charge is -2.09. The second-order valence-corrected chi connectivity index (χ2v) is 6.46. The number of rotatable bonds is 6. The largest absolute Gasteiger partial charge is 0.312 e. The Kier molecular flexibility index (Phi) is 5.09. The van der Waals surface area contributed by atoms with Gasteiger partial charge < -0.3 is 5.32 Å². The van der Waals surface area contributed by atoms with E-state index < -0.39 is 0 Å². The molecule has 0 unspecified atom stereocenters. The van der Waals surface area contributed by atoms with Crippen LogP contribution in [0.15, 0.2) is 66.7 Å². The van der Waals surface area contributed by atoms with Crippen LogP contribution in [0.5, 0.6) is 0 Å². The van der Waals surface area contributed by atoms with Gasteiger partial charge in [0.1, 0.15) is 0 Å². The molecule has 3 aromatic carbocycles. The summed E-state index contributed by atoms with van der Waals surface area (Å²) in [6, 6.07) is 24.2. The summed E-state index contributed by atoms with van der Waals surface area (Å²) in [5.41, 5.74) is 4.19. The summed E-state index contributed by atoms with van der Waals surface area (Å²) in [5, 5.41) is 6.25. The molecular formula is C22H25N. The molecular weight excluding hydrogens is 278 g/mol. The van der Waals surface area contributed by atoms with Crippen molar-refractivity contribution < 1.29 is 0 Å². The predicted molar refractivity (Wildman–Crippen MR) is 99.9 cm³/mol. The molecule has 1 heteroatoms. The highest BCUT2D eigenvalue weighted by molar-refractivity contribution is 5.85. The highest BCUT2D eigenvalue weighted by atomic mass is 14.8. The zero-order valence-electron chi connectivity index (χ0n) is 14.0. The number of nitrogens with one attached hydrogen (secondary N) is 1. The molecule has 0 radical (unpaired) electrons. The van der Waals surface area contributed by atoms with Crippen molar-refractivity contribution in [3.63, 3.8) is 0 Å². The second kappa shape index (κ2) is 7.43. The smallest absolute Gasteiger partial charge is 0.0211 e. The van der Waals surface area contributed by atoms with Crippen LogP contribution >= 0.6 is 0 Å². The summed E-state index contributed by atoms with van der Waals surface area (Å²) in [6.45, 7) is 6.40. The summed E-state index contributed by atoms with van der Waals surface area (Å²) in [7, 11) is 0. The molecule has 0 saturated heterocycles. The fourth-order valence-corrected chi connectivity index (χ4v) is 2.97. The molecule has 0 spiro atoms. The van der Waals surface area contributed by atoms with Crippen LogP contribution in [0.1, 0.15) is 36.5 Å². The summed E-state index contributed by atoms with van der Waals surface area (Å²) in [5.74, 6) is 0.605. The van der Waals surface area contributed by atoms with Crippen LogP contribution in [0, 0.1) is 0 Å². The number of hydrogen-bond donors (Lipinski definition) is 1. The van der Waals surface area contributed by atoms with Crippen molar-refractivity contribution in [3.8, 4) is 0 Å². The third-order valence-electron chi connectivity index (χ3n) is 4.43. The minimum atomic E-state index is 0.605. The minimum absolute atomic E-state index is 0.605. The highest BCUT2D eigenvalue weighted by Gasteiger charge is 2.01. The Hall–Kier alpha value is -2.12. The molecule has 0 heterocycles. The van der Waals surface area contributed by atoms with Gasteiger partial charge in [-0.3, -0.25) is 0 Å². The van der Waals surface area contributed by atoms with Crippen molar-refractivity contribution in [1.82, 2.24) is 5.32 Å². The van der Waals surface area contributed by atoms with Gasteiger partial charge in [-0.25, -0.2) is 0 Å². The summed E-state index contributed by atoms with van der Waals surface area (Å²) in [6.07, 6.45) is 1.07. The second-order valence-electron chi connectivity index (χ2n) is 6.46. The molecule has 1 N–H and O–H groups in total. The fraction of sp³-hybridized carbons (Fsp3) is 0.273. The summed E-state index contributed by atoms with van der Waals surface area (Å²) < 4.78 is 0. The average molecular weight is 303 g/mol. The normalized spacial score (nSPS) is 11.3. The molecule has 0 fully saturated rings. The highest BCUT2D eigenvalue weighted by Crippen LogP contribution is 2.18. The van der Waals surface area contributed by atoms with Crippen molar-refractivity contribution in [2.75, 3.05) is 6.54 Å². The van der Waals surface area contributed by atoms with Crippen LogP contribution in [0.25, 0.3) is 10.8 Å². The Balaban J connectivity index is 1.55. The van der Waals surface area contributed by atoms with Crippen LogP contribution in [0.3, 0.4) is 0 Å². The SMILES string of the molecule is CC(C)c1ccc(CCNCc2cccc3ccccc23)cc1. The van der Waals surface area contributed by atoms with Crippen molar-refractivity contribution in [2.45, 2.75) is 32.7 Å². The van der Waals surface area contributed by atoms with Crippen LogP contribution in [-0.2, 0) is 13.0 Å². The minimum Gasteiger partial charge on any atom is -0.312 e. The van der Waals surface area contributed by atoms with Crippen molar-refractivity contribution in [2.24, 2.45) is 0 Å². The van der Waals surface area contributed by atoms with Gasteiger partial charge in [-0.1, -0.05) is 80.6 Å². The van der Waals surface area contributed by atoms with Gasteiger partial charge in [0.25, 0.3) is 0 Å². The standard InChI is InChI=1S/C22H25N/c1-17(2)19-12-10-18(11-13-19)14-15-23-16-21-8-5-7-20-6-3-4-9-22(20)21/h3-13,17,23H,14-16H2,1-2H3. The van der Waals surface area contributed by atoms with Crippen molar-refractivity contribution >= 4 is 10.8 Å². The first-order valence-electron chi connectivity index (χ1n) is 8.50. The van der Waals surface area contributed by atoms with Crippen LogP contribution in [0.4, 0.5) is 0 Å². The number of hydrogen-bond acceptors (Lipinski definition) is 1. The molecule has 0 saturated carbocycles. The van der Waals surface area contributed by atoms with Gasteiger partial charge in [0.2, 0.25) is 0 Å². The van der Waals surface area contributed by atoms with E-state index >= 15 is 0 Å². The molecule has 0 aliphatic rings. The van der Waals surface area contributed by atoms with Crippen molar-refractivity contribution in [3.05, 3.63) is 83.4 Å². The maximum absolute atomic E-state index is 3.58. The van der Waals surface area contributed by atoms with Gasteiger partial charge in [0.05, 0.1) is 0 Å². The van der Waals surface area contributed by atoms with E-state index in [0.717, 1.165) is 19.5 Å². The molecule has 0 aromatic heterocycles. The lowest BCUT2D eigenvalue weighted by Crippen LogP contribution is -2.16. The van der Waals surface area contributed by atoms with Gasteiger partial charge in [-0.15, -0.1) is 0 Å². The Bertz CT molecular complexity index is 751. The van der Waals surface area contributed by atoms with E-state index in [2.05, 4.69) is 85.9 Å². The first-order chi connectivity index (χ1) is 11.2. The first kappa shape index (κ1) is 15.8. The Morgan fingerprint density at radius 2 is 1.57 bits per heavy atom. The maximum atomic E-state index is 3.58. The van der Waals surface area contributed by atoms with E-state index in [9.17, 15) is 0 Å². The quantitative estimate of drug-likeness (QED) is 0.610. The van der Waals surface area contributed by atoms with E-state index in [4.69, 9.17) is 0 Å². The molecule has 23 heavy (non-hydrogen) atoms. The maximum Gasteiger partial charge on any atom is 0.0211 e. The summed E-state index contributed by atoms with van der Waals surface area (Å²) >= 11 is 0. The molecule has 0 bridgehead atoms. The van der Waals surface area contributed by atoms with E-state index in [1.54, 1.807) is 0 Å². The lowest BCUT2D eigenvalue weighted by molar-refractivity contribution is 0.689. The van der Waals surface area contributed by atoms with Crippen LogP contribution in [0.2, 0.25) is 0 Å². The van der Waals surface area contributed by atoms with Gasteiger partial charge in [-0.2, -0.15) is 0 Å². The molecule has 0 amide bonds.